The van der Waals surface area contributed by atoms with Gasteiger partial charge in [-0.1, -0.05) is 0 Å². The predicted molar refractivity (Wildman–Crippen MR) is 107 cm³/mol. The molecule has 0 radical (unpaired) electrons. The van der Waals surface area contributed by atoms with Gasteiger partial charge in [-0.3, -0.25) is 0 Å². The SMILES string of the molecule is CCN(CC)c1ccc2c(c1)N(C)c1cc(N(C)C)ccc1N2C. The normalized spacial score (nSPS) is 12.8. The van der Waals surface area contributed by atoms with Crippen LogP contribution in [0.25, 0.3) is 0 Å². The molecule has 0 atom stereocenters. The highest BCUT2D eigenvalue weighted by Gasteiger charge is 2.25. The summed E-state index contributed by atoms with van der Waals surface area (Å²) in [6, 6.07) is 13.4. The van der Waals surface area contributed by atoms with Crippen molar-refractivity contribution in [3.63, 3.8) is 0 Å². The third-order valence-electron chi connectivity index (χ3n) is 5.01. The van der Waals surface area contributed by atoms with Gasteiger partial charge in [-0.05, 0) is 50.2 Å². The van der Waals surface area contributed by atoms with Crippen molar-refractivity contribution >= 4 is 34.1 Å². The van der Waals surface area contributed by atoms with Crippen LogP contribution in [0.3, 0.4) is 0 Å². The van der Waals surface area contributed by atoms with Crippen molar-refractivity contribution in [3.8, 4) is 0 Å². The van der Waals surface area contributed by atoms with Crippen LogP contribution < -0.4 is 19.6 Å². The third-order valence-corrected chi connectivity index (χ3v) is 5.01. The van der Waals surface area contributed by atoms with E-state index in [1.54, 1.807) is 0 Å². The first-order valence-electron chi connectivity index (χ1n) is 8.65. The van der Waals surface area contributed by atoms with Crippen molar-refractivity contribution in [1.82, 2.24) is 0 Å². The summed E-state index contributed by atoms with van der Waals surface area (Å²) in [5.74, 6) is 0. The second-order valence-corrected chi connectivity index (χ2v) is 6.53. The molecule has 0 amide bonds. The van der Waals surface area contributed by atoms with E-state index in [4.69, 9.17) is 0 Å². The highest BCUT2D eigenvalue weighted by atomic mass is 15.2. The fourth-order valence-corrected chi connectivity index (χ4v) is 3.45. The molecular formula is C20H28N4. The van der Waals surface area contributed by atoms with Crippen LogP contribution in [0.2, 0.25) is 0 Å². The van der Waals surface area contributed by atoms with Crippen LogP contribution in [0.4, 0.5) is 34.1 Å². The summed E-state index contributed by atoms with van der Waals surface area (Å²) in [4.78, 5) is 9.14. The Kier molecular flexibility index (Phi) is 4.31. The number of nitrogens with zero attached hydrogens (tertiary/aromatic N) is 4. The summed E-state index contributed by atoms with van der Waals surface area (Å²) in [6.07, 6.45) is 0. The van der Waals surface area contributed by atoms with Gasteiger partial charge in [-0.25, -0.2) is 0 Å². The second kappa shape index (κ2) is 6.27. The van der Waals surface area contributed by atoms with Gasteiger partial charge in [-0.2, -0.15) is 0 Å². The lowest BCUT2D eigenvalue weighted by Gasteiger charge is -2.38. The molecule has 0 aromatic heterocycles. The van der Waals surface area contributed by atoms with Gasteiger partial charge in [0, 0.05) is 52.7 Å². The van der Waals surface area contributed by atoms with Gasteiger partial charge >= 0.3 is 0 Å². The summed E-state index contributed by atoms with van der Waals surface area (Å²) in [5.41, 5.74) is 7.49. The topological polar surface area (TPSA) is 13.0 Å². The molecular weight excluding hydrogens is 296 g/mol. The number of fused-ring (bicyclic) bond motifs is 2. The van der Waals surface area contributed by atoms with E-state index in [1.165, 1.54) is 34.1 Å². The van der Waals surface area contributed by atoms with Crippen LogP contribution >= 0.6 is 0 Å². The van der Waals surface area contributed by atoms with Crippen LogP contribution in [0.1, 0.15) is 13.8 Å². The molecule has 24 heavy (non-hydrogen) atoms. The molecule has 1 heterocycles. The average Bonchev–Trinajstić information content (AvgIpc) is 2.60. The van der Waals surface area contributed by atoms with E-state index in [-0.39, 0.29) is 0 Å². The van der Waals surface area contributed by atoms with Gasteiger partial charge in [0.25, 0.3) is 0 Å². The monoisotopic (exact) mass is 324 g/mol. The molecule has 128 valence electrons. The number of hydrogen-bond donors (Lipinski definition) is 0. The number of rotatable bonds is 4. The maximum absolute atomic E-state index is 2.39. The van der Waals surface area contributed by atoms with Crippen molar-refractivity contribution in [2.24, 2.45) is 0 Å². The largest absolute Gasteiger partial charge is 0.378 e. The summed E-state index contributed by atoms with van der Waals surface area (Å²) in [7, 11) is 8.48. The lowest BCUT2D eigenvalue weighted by atomic mass is 10.1. The van der Waals surface area contributed by atoms with E-state index in [2.05, 4.69) is 98.0 Å². The standard InChI is InChI=1S/C20H28N4/c1-7-24(8-2)16-10-12-18-20(14-16)23(6)19-13-15(21(3)4)9-11-17(19)22(18)5/h9-14H,7-8H2,1-6H3. The third kappa shape index (κ3) is 2.56. The number of anilines is 6. The molecule has 1 aliphatic rings. The first kappa shape index (κ1) is 16.5. The molecule has 0 unspecified atom stereocenters. The van der Waals surface area contributed by atoms with Gasteiger partial charge in [0.2, 0.25) is 0 Å². The lowest BCUT2D eigenvalue weighted by molar-refractivity contribution is 0.865. The molecule has 0 saturated heterocycles. The van der Waals surface area contributed by atoms with E-state index < -0.39 is 0 Å². The van der Waals surface area contributed by atoms with Crippen LogP contribution in [-0.2, 0) is 0 Å². The minimum Gasteiger partial charge on any atom is -0.378 e. The van der Waals surface area contributed by atoms with Crippen LogP contribution in [0.5, 0.6) is 0 Å². The highest BCUT2D eigenvalue weighted by molar-refractivity contribution is 5.95. The zero-order valence-corrected chi connectivity index (χ0v) is 15.7. The van der Waals surface area contributed by atoms with Gasteiger partial charge in [-0.15, -0.1) is 0 Å². The van der Waals surface area contributed by atoms with Gasteiger partial charge in [0.05, 0.1) is 22.7 Å². The Balaban J connectivity index is 2.09. The summed E-state index contributed by atoms with van der Waals surface area (Å²) in [5, 5.41) is 0. The summed E-state index contributed by atoms with van der Waals surface area (Å²) in [6.45, 7) is 6.46. The molecule has 2 aromatic carbocycles. The van der Waals surface area contributed by atoms with E-state index >= 15 is 0 Å². The molecule has 0 fully saturated rings. The van der Waals surface area contributed by atoms with Gasteiger partial charge < -0.3 is 19.6 Å². The Labute approximate surface area is 145 Å². The summed E-state index contributed by atoms with van der Waals surface area (Å²) < 4.78 is 0. The van der Waals surface area contributed by atoms with Crippen LogP contribution in [-0.4, -0.2) is 41.3 Å². The Morgan fingerprint density at radius 3 is 1.67 bits per heavy atom. The Morgan fingerprint density at radius 1 is 0.708 bits per heavy atom. The maximum Gasteiger partial charge on any atom is 0.0670 e. The van der Waals surface area contributed by atoms with Crippen LogP contribution in [0.15, 0.2) is 36.4 Å². The zero-order valence-electron chi connectivity index (χ0n) is 15.7. The molecule has 4 heteroatoms. The van der Waals surface area contributed by atoms with Gasteiger partial charge in [0.15, 0.2) is 0 Å². The molecule has 3 rings (SSSR count). The molecule has 0 saturated carbocycles. The predicted octanol–water partition coefficient (Wildman–Crippen LogP) is 4.45. The molecule has 2 aromatic rings. The van der Waals surface area contributed by atoms with E-state index in [0.717, 1.165) is 13.1 Å². The molecule has 0 spiro atoms. The number of benzene rings is 2. The van der Waals surface area contributed by atoms with Crippen molar-refractivity contribution in [2.45, 2.75) is 13.8 Å². The Bertz CT molecular complexity index is 734. The highest BCUT2D eigenvalue weighted by Crippen LogP contribution is 2.48. The average molecular weight is 324 g/mol. The smallest absolute Gasteiger partial charge is 0.0670 e. The molecule has 4 nitrogen and oxygen atoms in total. The Hall–Kier alpha value is -2.36. The minimum atomic E-state index is 1.02. The fraction of sp³-hybridized carbons (Fsp3) is 0.400. The summed E-state index contributed by atoms with van der Waals surface area (Å²) >= 11 is 0. The zero-order chi connectivity index (χ0) is 17.4. The molecule has 0 N–H and O–H groups in total. The van der Waals surface area contributed by atoms with E-state index in [0.29, 0.717) is 0 Å². The first-order chi connectivity index (χ1) is 11.5. The van der Waals surface area contributed by atoms with Gasteiger partial charge in [0.1, 0.15) is 0 Å². The van der Waals surface area contributed by atoms with E-state index in [1.807, 2.05) is 0 Å². The molecule has 0 aliphatic carbocycles. The molecule has 0 bridgehead atoms. The van der Waals surface area contributed by atoms with E-state index in [9.17, 15) is 0 Å². The Morgan fingerprint density at radius 2 is 1.17 bits per heavy atom. The fourth-order valence-electron chi connectivity index (χ4n) is 3.45. The minimum absolute atomic E-state index is 1.02. The maximum atomic E-state index is 2.39. The van der Waals surface area contributed by atoms with Crippen molar-refractivity contribution in [1.29, 1.82) is 0 Å². The van der Waals surface area contributed by atoms with Crippen molar-refractivity contribution in [3.05, 3.63) is 36.4 Å². The molecule has 1 aliphatic heterocycles. The first-order valence-corrected chi connectivity index (χ1v) is 8.65. The second-order valence-electron chi connectivity index (χ2n) is 6.53. The number of hydrogen-bond acceptors (Lipinski definition) is 4. The lowest BCUT2D eigenvalue weighted by Crippen LogP contribution is -2.26. The quantitative estimate of drug-likeness (QED) is 0.824. The van der Waals surface area contributed by atoms with Crippen molar-refractivity contribution < 1.29 is 0 Å². The van der Waals surface area contributed by atoms with Crippen molar-refractivity contribution in [2.75, 3.05) is 60.9 Å². The van der Waals surface area contributed by atoms with Crippen LogP contribution in [0, 0.1) is 0 Å².